The van der Waals surface area contributed by atoms with E-state index in [1.54, 1.807) is 12.4 Å². The number of aromatic nitrogens is 2. The highest BCUT2D eigenvalue weighted by atomic mass is 15.0. The Bertz CT molecular complexity index is 349. The molecule has 0 spiro atoms. The van der Waals surface area contributed by atoms with Crippen molar-refractivity contribution in [1.82, 2.24) is 9.55 Å². The van der Waals surface area contributed by atoms with E-state index in [4.69, 9.17) is 0 Å². The summed E-state index contributed by atoms with van der Waals surface area (Å²) >= 11 is 0. The molecule has 54 valence electrons. The molecule has 11 heavy (non-hydrogen) atoms. The van der Waals surface area contributed by atoms with Crippen molar-refractivity contribution >= 4 is 6.20 Å². The Hall–Kier alpha value is -1.57. The standard InChI is InChI=1S/C9H8N2/c1-2-11-7-3-4-8-5-6-10-9(8)11/h2-7H,1H2. The zero-order valence-corrected chi connectivity index (χ0v) is 6.07. The molecule has 0 aromatic heterocycles. The van der Waals surface area contributed by atoms with Crippen LogP contribution in [0.25, 0.3) is 17.6 Å². The van der Waals surface area contributed by atoms with E-state index < -0.39 is 0 Å². The monoisotopic (exact) mass is 144 g/mol. The van der Waals surface area contributed by atoms with Crippen molar-refractivity contribution in [2.75, 3.05) is 0 Å². The minimum absolute atomic E-state index is 0.961. The maximum Gasteiger partial charge on any atom is 0.143 e. The summed E-state index contributed by atoms with van der Waals surface area (Å²) in [7, 11) is 0. The van der Waals surface area contributed by atoms with Crippen LogP contribution in [-0.2, 0) is 0 Å². The molecule has 0 N–H and O–H groups in total. The van der Waals surface area contributed by atoms with Crippen molar-refractivity contribution in [1.29, 1.82) is 0 Å². The first-order valence-electron chi connectivity index (χ1n) is 3.46. The van der Waals surface area contributed by atoms with Crippen molar-refractivity contribution in [2.24, 2.45) is 0 Å². The Morgan fingerprint density at radius 1 is 1.45 bits per heavy atom. The fourth-order valence-electron chi connectivity index (χ4n) is 1.14. The van der Waals surface area contributed by atoms with Crippen LogP contribution in [-0.4, -0.2) is 9.55 Å². The lowest BCUT2D eigenvalue weighted by atomic mass is 10.2. The molecule has 0 fully saturated rings. The lowest BCUT2D eigenvalue weighted by Crippen LogP contribution is -1.92. The van der Waals surface area contributed by atoms with Crippen molar-refractivity contribution in [3.63, 3.8) is 0 Å². The van der Waals surface area contributed by atoms with Gasteiger partial charge in [-0.15, -0.1) is 0 Å². The minimum Gasteiger partial charge on any atom is -0.309 e. The lowest BCUT2D eigenvalue weighted by Gasteiger charge is -2.03. The summed E-state index contributed by atoms with van der Waals surface area (Å²) in [6.07, 6.45) is 5.47. The zero-order chi connectivity index (χ0) is 7.68. The summed E-state index contributed by atoms with van der Waals surface area (Å²) in [5.41, 5.74) is 1.15. The lowest BCUT2D eigenvalue weighted by molar-refractivity contribution is 1.09. The van der Waals surface area contributed by atoms with Crippen LogP contribution in [0.15, 0.2) is 37.2 Å². The molecule has 0 aromatic carbocycles. The number of hydrogen-bond acceptors (Lipinski definition) is 1. The second kappa shape index (κ2) is 2.23. The molecule has 0 unspecified atom stereocenters. The van der Waals surface area contributed by atoms with Crippen molar-refractivity contribution in [3.8, 4) is 11.4 Å². The van der Waals surface area contributed by atoms with Crippen LogP contribution < -0.4 is 0 Å². The van der Waals surface area contributed by atoms with Gasteiger partial charge in [-0.3, -0.25) is 0 Å². The van der Waals surface area contributed by atoms with Crippen LogP contribution in [0.3, 0.4) is 0 Å². The third-order valence-corrected chi connectivity index (χ3v) is 1.67. The van der Waals surface area contributed by atoms with Crippen LogP contribution in [0, 0.1) is 0 Å². The summed E-state index contributed by atoms with van der Waals surface area (Å²) in [5, 5.41) is 0. The SMILES string of the molecule is C=Cn1cccc2ccnc1-2. The Morgan fingerprint density at radius 2 is 2.36 bits per heavy atom. The highest BCUT2D eigenvalue weighted by Crippen LogP contribution is 2.18. The highest BCUT2D eigenvalue weighted by Gasteiger charge is 2.03. The molecule has 0 aliphatic carbocycles. The van der Waals surface area contributed by atoms with Gasteiger partial charge in [-0.1, -0.05) is 6.58 Å². The van der Waals surface area contributed by atoms with E-state index in [0.717, 1.165) is 11.4 Å². The van der Waals surface area contributed by atoms with Crippen LogP contribution in [0.2, 0.25) is 0 Å². The second-order valence-electron chi connectivity index (χ2n) is 2.32. The first kappa shape index (κ1) is 6.16. The Balaban J connectivity index is 2.75. The predicted molar refractivity (Wildman–Crippen MR) is 45.2 cm³/mol. The van der Waals surface area contributed by atoms with Gasteiger partial charge in [0, 0.05) is 24.2 Å². The molecule has 2 aliphatic rings. The van der Waals surface area contributed by atoms with Gasteiger partial charge in [0.2, 0.25) is 0 Å². The van der Waals surface area contributed by atoms with E-state index in [-0.39, 0.29) is 0 Å². The Kier molecular flexibility index (Phi) is 1.25. The number of rotatable bonds is 1. The number of hydrogen-bond donors (Lipinski definition) is 0. The van der Waals surface area contributed by atoms with Gasteiger partial charge in [0.05, 0.1) is 0 Å². The van der Waals surface area contributed by atoms with Gasteiger partial charge < -0.3 is 4.57 Å². The molecule has 2 heterocycles. The van der Waals surface area contributed by atoms with Crippen molar-refractivity contribution in [2.45, 2.75) is 0 Å². The van der Waals surface area contributed by atoms with Gasteiger partial charge in [-0.05, 0) is 18.2 Å². The van der Waals surface area contributed by atoms with E-state index in [1.807, 2.05) is 29.0 Å². The molecule has 0 amide bonds. The van der Waals surface area contributed by atoms with E-state index in [1.165, 1.54) is 0 Å². The number of fused-ring (bicyclic) bond motifs is 1. The molecular formula is C9H8N2. The van der Waals surface area contributed by atoms with Crippen LogP contribution in [0.5, 0.6) is 0 Å². The van der Waals surface area contributed by atoms with Crippen molar-refractivity contribution in [3.05, 3.63) is 37.2 Å². The van der Waals surface area contributed by atoms with E-state index in [2.05, 4.69) is 11.6 Å². The first-order chi connectivity index (χ1) is 5.42. The summed E-state index contributed by atoms with van der Waals surface area (Å²) in [4.78, 5) is 4.18. The fourth-order valence-corrected chi connectivity index (χ4v) is 1.14. The maximum atomic E-state index is 4.18. The van der Waals surface area contributed by atoms with Gasteiger partial charge in [0.15, 0.2) is 0 Å². The summed E-state index contributed by atoms with van der Waals surface area (Å²) in [5.74, 6) is 0.961. The molecule has 0 saturated heterocycles. The fraction of sp³-hybridized carbons (Fsp3) is 0. The highest BCUT2D eigenvalue weighted by molar-refractivity contribution is 5.59. The molecule has 0 atom stereocenters. The molecule has 2 heteroatoms. The number of pyridine rings is 1. The normalized spacial score (nSPS) is 10.2. The van der Waals surface area contributed by atoms with Crippen molar-refractivity contribution < 1.29 is 0 Å². The molecule has 2 rings (SSSR count). The Morgan fingerprint density at radius 3 is 3.18 bits per heavy atom. The van der Waals surface area contributed by atoms with Gasteiger partial charge in [0.25, 0.3) is 0 Å². The van der Waals surface area contributed by atoms with Crippen LogP contribution in [0.4, 0.5) is 0 Å². The maximum absolute atomic E-state index is 4.18. The molecule has 0 saturated carbocycles. The quantitative estimate of drug-likeness (QED) is 0.599. The predicted octanol–water partition coefficient (Wildman–Crippen LogP) is 2.09. The average molecular weight is 144 g/mol. The van der Waals surface area contributed by atoms with E-state index >= 15 is 0 Å². The van der Waals surface area contributed by atoms with E-state index in [0.29, 0.717) is 0 Å². The zero-order valence-electron chi connectivity index (χ0n) is 6.07. The molecule has 2 nitrogen and oxygen atoms in total. The van der Waals surface area contributed by atoms with Crippen LogP contribution in [0.1, 0.15) is 0 Å². The molecular weight excluding hydrogens is 136 g/mol. The molecule has 0 bridgehead atoms. The summed E-state index contributed by atoms with van der Waals surface area (Å²) < 4.78 is 1.90. The van der Waals surface area contributed by atoms with Crippen LogP contribution >= 0.6 is 0 Å². The topological polar surface area (TPSA) is 17.8 Å². The third-order valence-electron chi connectivity index (χ3n) is 1.67. The average Bonchev–Trinajstić information content (AvgIpc) is 2.50. The third kappa shape index (κ3) is 0.835. The molecule has 2 aliphatic heterocycles. The number of nitrogens with zero attached hydrogens (tertiary/aromatic N) is 2. The first-order valence-corrected chi connectivity index (χ1v) is 3.46. The molecule has 0 radical (unpaired) electrons. The minimum atomic E-state index is 0.961. The van der Waals surface area contributed by atoms with Gasteiger partial charge in [-0.25, -0.2) is 4.98 Å². The van der Waals surface area contributed by atoms with Gasteiger partial charge in [-0.2, -0.15) is 0 Å². The van der Waals surface area contributed by atoms with Gasteiger partial charge >= 0.3 is 0 Å². The van der Waals surface area contributed by atoms with Gasteiger partial charge in [0.1, 0.15) is 5.82 Å². The summed E-state index contributed by atoms with van der Waals surface area (Å²) in [6, 6.07) is 5.99. The summed E-state index contributed by atoms with van der Waals surface area (Å²) in [6.45, 7) is 3.68. The second-order valence-corrected chi connectivity index (χ2v) is 2.32. The Labute approximate surface area is 65.1 Å². The van der Waals surface area contributed by atoms with E-state index in [9.17, 15) is 0 Å². The molecule has 0 aromatic rings. The largest absolute Gasteiger partial charge is 0.309 e. The smallest absolute Gasteiger partial charge is 0.143 e.